The molecule has 22 heavy (non-hydrogen) atoms. The van der Waals surface area contributed by atoms with Crippen molar-refractivity contribution in [1.29, 1.82) is 0 Å². The zero-order valence-corrected chi connectivity index (χ0v) is 10.9. The molecule has 0 heterocycles. The quantitative estimate of drug-likeness (QED) is 0.351. The molecule has 0 amide bonds. The third-order valence-electron chi connectivity index (χ3n) is 3.51. The molecule has 3 rings (SSSR count). The second-order valence-corrected chi connectivity index (χ2v) is 4.87. The fourth-order valence-corrected chi connectivity index (χ4v) is 2.63. The maximum Gasteiger partial charge on any atom is 0.417 e. The summed E-state index contributed by atoms with van der Waals surface area (Å²) in [5.41, 5.74) is -3.30. The van der Waals surface area contributed by atoms with Crippen molar-refractivity contribution in [1.82, 2.24) is 0 Å². The van der Waals surface area contributed by atoms with Gasteiger partial charge in [-0.1, -0.05) is 42.5 Å². The van der Waals surface area contributed by atoms with E-state index in [0.29, 0.717) is 16.8 Å². The molecule has 0 fully saturated rings. The van der Waals surface area contributed by atoms with Crippen molar-refractivity contribution in [2.75, 3.05) is 0 Å². The number of rotatable bonds is 0. The molecular formula is C16H8F6. The molecule has 3 aromatic rings. The maximum absolute atomic E-state index is 13.2. The van der Waals surface area contributed by atoms with Gasteiger partial charge in [0.1, 0.15) is 0 Å². The summed E-state index contributed by atoms with van der Waals surface area (Å²) in [6, 6.07) is 10.7. The second-order valence-electron chi connectivity index (χ2n) is 4.87. The summed E-state index contributed by atoms with van der Waals surface area (Å²) in [7, 11) is 0. The summed E-state index contributed by atoms with van der Waals surface area (Å²) in [5, 5.41) is 0.863. The highest BCUT2D eigenvalue weighted by Gasteiger charge is 2.44. The first-order valence-corrected chi connectivity index (χ1v) is 6.28. The zero-order valence-electron chi connectivity index (χ0n) is 10.9. The first kappa shape index (κ1) is 14.7. The lowest BCUT2D eigenvalue weighted by atomic mass is 9.94. The summed E-state index contributed by atoms with van der Waals surface area (Å²) in [6.07, 6.45) is -10.2. The highest BCUT2D eigenvalue weighted by Crippen LogP contribution is 2.44. The minimum Gasteiger partial charge on any atom is -0.166 e. The maximum atomic E-state index is 13.2. The minimum absolute atomic E-state index is 0.151. The Morgan fingerprint density at radius 3 is 1.82 bits per heavy atom. The third-order valence-corrected chi connectivity index (χ3v) is 3.51. The smallest absolute Gasteiger partial charge is 0.166 e. The Bertz CT molecular complexity index is 858. The molecule has 0 bridgehead atoms. The molecule has 0 aliphatic heterocycles. The van der Waals surface area contributed by atoms with Crippen molar-refractivity contribution in [3.8, 4) is 0 Å². The van der Waals surface area contributed by atoms with Gasteiger partial charge >= 0.3 is 12.4 Å². The van der Waals surface area contributed by atoms with E-state index in [4.69, 9.17) is 0 Å². The summed E-state index contributed by atoms with van der Waals surface area (Å²) in [6.45, 7) is 0. The normalized spacial score (nSPS) is 13.0. The van der Waals surface area contributed by atoms with E-state index in [9.17, 15) is 26.3 Å². The number of fused-ring (bicyclic) bond motifs is 3. The van der Waals surface area contributed by atoms with Crippen molar-refractivity contribution in [3.63, 3.8) is 0 Å². The molecule has 0 saturated heterocycles. The molecule has 0 atom stereocenters. The van der Waals surface area contributed by atoms with Gasteiger partial charge in [0.25, 0.3) is 0 Å². The monoisotopic (exact) mass is 314 g/mol. The van der Waals surface area contributed by atoms with Gasteiger partial charge in [-0.15, -0.1) is 0 Å². The van der Waals surface area contributed by atoms with Crippen LogP contribution in [0.3, 0.4) is 0 Å². The van der Waals surface area contributed by atoms with Gasteiger partial charge < -0.3 is 0 Å². The van der Waals surface area contributed by atoms with E-state index < -0.39 is 28.9 Å². The van der Waals surface area contributed by atoms with Gasteiger partial charge in [0, 0.05) is 0 Å². The van der Waals surface area contributed by atoms with E-state index in [1.54, 1.807) is 24.3 Å². The van der Waals surface area contributed by atoms with Gasteiger partial charge in [-0.2, -0.15) is 26.3 Å². The van der Waals surface area contributed by atoms with Crippen molar-refractivity contribution >= 4 is 21.5 Å². The van der Waals surface area contributed by atoms with Crippen LogP contribution in [-0.2, 0) is 12.4 Å². The van der Waals surface area contributed by atoms with Gasteiger partial charge in [-0.05, 0) is 27.6 Å². The Hall–Kier alpha value is -2.24. The Morgan fingerprint density at radius 1 is 0.545 bits per heavy atom. The van der Waals surface area contributed by atoms with Crippen molar-refractivity contribution in [2.45, 2.75) is 12.4 Å². The van der Waals surface area contributed by atoms with E-state index in [1.807, 2.05) is 0 Å². The summed E-state index contributed by atoms with van der Waals surface area (Å²) >= 11 is 0. The van der Waals surface area contributed by atoms with Gasteiger partial charge in [0.2, 0.25) is 0 Å². The fraction of sp³-hybridized carbons (Fsp3) is 0.125. The number of hydrogen-bond acceptors (Lipinski definition) is 0. The lowest BCUT2D eigenvalue weighted by Gasteiger charge is -2.18. The Morgan fingerprint density at radius 2 is 1.18 bits per heavy atom. The molecule has 0 aromatic heterocycles. The number of benzene rings is 3. The van der Waals surface area contributed by atoms with Crippen LogP contribution in [-0.4, -0.2) is 0 Å². The lowest BCUT2D eigenvalue weighted by molar-refractivity contribution is -0.161. The zero-order chi connectivity index (χ0) is 16.1. The van der Waals surface area contributed by atoms with E-state index in [0.717, 1.165) is 12.1 Å². The summed E-state index contributed by atoms with van der Waals surface area (Å²) in [4.78, 5) is 0. The first-order valence-electron chi connectivity index (χ1n) is 6.28. The predicted molar refractivity (Wildman–Crippen MR) is 71.5 cm³/mol. The summed E-state index contributed by atoms with van der Waals surface area (Å²) < 4.78 is 78.4. The lowest BCUT2D eigenvalue weighted by Crippen LogP contribution is -2.17. The highest BCUT2D eigenvalue weighted by molar-refractivity contribution is 6.08. The Kier molecular flexibility index (Phi) is 3.09. The van der Waals surface area contributed by atoms with E-state index in [1.165, 1.54) is 6.07 Å². The number of halogens is 6. The average Bonchev–Trinajstić information content (AvgIpc) is 2.43. The molecule has 0 nitrogen and oxygen atoms in total. The van der Waals surface area contributed by atoms with Crippen molar-refractivity contribution in [3.05, 3.63) is 59.7 Å². The number of hydrogen-bond donors (Lipinski definition) is 0. The van der Waals surface area contributed by atoms with Crippen LogP contribution < -0.4 is 0 Å². The molecular weight excluding hydrogens is 306 g/mol. The molecule has 3 aromatic carbocycles. The Labute approximate surface area is 121 Å². The molecule has 0 unspecified atom stereocenters. The van der Waals surface area contributed by atoms with Crippen LogP contribution in [0.25, 0.3) is 21.5 Å². The highest BCUT2D eigenvalue weighted by atomic mass is 19.4. The molecule has 0 aliphatic carbocycles. The molecule has 114 valence electrons. The van der Waals surface area contributed by atoms with Crippen molar-refractivity contribution < 1.29 is 26.3 Å². The molecule has 0 saturated carbocycles. The second kappa shape index (κ2) is 4.63. The fourth-order valence-electron chi connectivity index (χ4n) is 2.63. The predicted octanol–water partition coefficient (Wildman–Crippen LogP) is 6.03. The van der Waals surface area contributed by atoms with Crippen molar-refractivity contribution in [2.24, 2.45) is 0 Å². The van der Waals surface area contributed by atoms with Gasteiger partial charge in [0.05, 0.1) is 11.1 Å². The third kappa shape index (κ3) is 2.28. The molecule has 6 heteroatoms. The van der Waals surface area contributed by atoms with Crippen LogP contribution in [0.2, 0.25) is 0 Å². The Balaban J connectivity index is 2.50. The van der Waals surface area contributed by atoms with Gasteiger partial charge in [0.15, 0.2) is 0 Å². The van der Waals surface area contributed by atoms with Gasteiger partial charge in [-0.3, -0.25) is 0 Å². The minimum atomic E-state index is -5.09. The average molecular weight is 314 g/mol. The summed E-state index contributed by atoms with van der Waals surface area (Å²) in [5.74, 6) is 0. The molecule has 0 spiro atoms. The standard InChI is InChI=1S/C16H8F6/c17-15(18,19)13-8-7-11-10-4-2-1-3-9(10)5-6-12(11)14(13)16(20,21)22/h1-8H. The SMILES string of the molecule is FC(F)(F)c1ccc2c(ccc3ccccc32)c1C(F)(F)F. The topological polar surface area (TPSA) is 0 Å². The van der Waals surface area contributed by atoms with Crippen LogP contribution >= 0.6 is 0 Å². The molecule has 0 radical (unpaired) electrons. The van der Waals surface area contributed by atoms with E-state index in [2.05, 4.69) is 0 Å². The molecule has 0 aliphatic rings. The van der Waals surface area contributed by atoms with E-state index >= 15 is 0 Å². The van der Waals surface area contributed by atoms with Crippen LogP contribution in [0.4, 0.5) is 26.3 Å². The van der Waals surface area contributed by atoms with Crippen LogP contribution in [0.1, 0.15) is 11.1 Å². The van der Waals surface area contributed by atoms with Crippen LogP contribution in [0.15, 0.2) is 48.5 Å². The van der Waals surface area contributed by atoms with E-state index in [-0.39, 0.29) is 5.39 Å². The molecule has 0 N–H and O–H groups in total. The van der Waals surface area contributed by atoms with Crippen LogP contribution in [0.5, 0.6) is 0 Å². The van der Waals surface area contributed by atoms with Gasteiger partial charge in [-0.25, -0.2) is 0 Å². The number of alkyl halides is 6. The largest absolute Gasteiger partial charge is 0.417 e. The first-order chi connectivity index (χ1) is 10.2. The van der Waals surface area contributed by atoms with Crippen LogP contribution in [0, 0.1) is 0 Å².